The third kappa shape index (κ3) is 3.58. The second-order valence-electron chi connectivity index (χ2n) is 4.46. The van der Waals surface area contributed by atoms with Gasteiger partial charge in [-0.05, 0) is 26.6 Å². The quantitative estimate of drug-likeness (QED) is 0.494. The van der Waals surface area contributed by atoms with Crippen LogP contribution in [0.2, 0.25) is 5.02 Å². The predicted molar refractivity (Wildman–Crippen MR) is 76.2 cm³/mol. The Kier molecular flexibility index (Phi) is 5.29. The zero-order chi connectivity index (χ0) is 15.4. The summed E-state index contributed by atoms with van der Waals surface area (Å²) in [5.74, 6) is -0.981. The molecule has 1 aromatic rings. The number of rotatable bonds is 5. The number of aromatic hydroxyl groups is 1. The van der Waals surface area contributed by atoms with Crippen LogP contribution in [0.4, 0.5) is 11.4 Å². The van der Waals surface area contributed by atoms with E-state index in [0.29, 0.717) is 6.42 Å². The maximum absolute atomic E-state index is 12.1. The minimum atomic E-state index is -0.764. The van der Waals surface area contributed by atoms with Gasteiger partial charge in [-0.3, -0.25) is 19.8 Å². The number of nitro groups is 1. The molecule has 1 amide bonds. The van der Waals surface area contributed by atoms with Crippen LogP contribution in [-0.2, 0) is 4.79 Å². The lowest BCUT2D eigenvalue weighted by Gasteiger charge is -2.22. The van der Waals surface area contributed by atoms with E-state index in [1.54, 1.807) is 19.0 Å². The summed E-state index contributed by atoms with van der Waals surface area (Å²) in [7, 11) is 3.49. The van der Waals surface area contributed by atoms with Crippen LogP contribution in [0.15, 0.2) is 12.1 Å². The van der Waals surface area contributed by atoms with E-state index in [0.717, 1.165) is 6.07 Å². The SMILES string of the molecule is CC[C@@H](C(=O)Nc1cc(Cl)cc([N+](=O)[O-])c1O)N(C)C. The van der Waals surface area contributed by atoms with Crippen molar-refractivity contribution in [1.29, 1.82) is 0 Å². The number of carbonyl (C=O) groups excluding carboxylic acids is 1. The number of phenols is 1. The molecule has 0 aliphatic rings. The lowest BCUT2D eigenvalue weighted by atomic mass is 10.2. The number of halogens is 1. The molecule has 1 aromatic carbocycles. The van der Waals surface area contributed by atoms with Crippen molar-refractivity contribution in [1.82, 2.24) is 4.90 Å². The Hall–Kier alpha value is -1.86. The van der Waals surface area contributed by atoms with E-state index in [2.05, 4.69) is 5.32 Å². The van der Waals surface area contributed by atoms with Gasteiger partial charge in [-0.1, -0.05) is 18.5 Å². The minimum absolute atomic E-state index is 0.0581. The second-order valence-corrected chi connectivity index (χ2v) is 4.89. The van der Waals surface area contributed by atoms with E-state index < -0.39 is 22.4 Å². The van der Waals surface area contributed by atoms with E-state index in [9.17, 15) is 20.0 Å². The van der Waals surface area contributed by atoms with Gasteiger partial charge in [-0.25, -0.2) is 0 Å². The van der Waals surface area contributed by atoms with Crippen LogP contribution in [0.5, 0.6) is 5.75 Å². The number of benzene rings is 1. The van der Waals surface area contributed by atoms with E-state index >= 15 is 0 Å². The van der Waals surface area contributed by atoms with Crippen LogP contribution >= 0.6 is 11.6 Å². The Bertz CT molecular complexity index is 534. The van der Waals surface area contributed by atoms with Gasteiger partial charge in [0.05, 0.1) is 16.7 Å². The number of hydrogen-bond donors (Lipinski definition) is 2. The summed E-state index contributed by atoms with van der Waals surface area (Å²) in [4.78, 5) is 23.8. The van der Waals surface area contributed by atoms with Crippen LogP contribution in [-0.4, -0.2) is 41.0 Å². The van der Waals surface area contributed by atoms with Gasteiger partial charge in [-0.15, -0.1) is 0 Å². The zero-order valence-corrected chi connectivity index (χ0v) is 12.1. The molecule has 0 bridgehead atoms. The first kappa shape index (κ1) is 16.2. The van der Waals surface area contributed by atoms with E-state index in [1.807, 2.05) is 6.92 Å². The molecule has 8 heteroatoms. The molecule has 1 atom stereocenters. The molecule has 0 aliphatic carbocycles. The molecule has 0 fully saturated rings. The van der Waals surface area contributed by atoms with E-state index in [-0.39, 0.29) is 16.6 Å². The highest BCUT2D eigenvalue weighted by Crippen LogP contribution is 2.37. The first-order valence-electron chi connectivity index (χ1n) is 5.92. The normalized spacial score (nSPS) is 12.2. The van der Waals surface area contributed by atoms with Crippen molar-refractivity contribution in [2.24, 2.45) is 0 Å². The summed E-state index contributed by atoms with van der Waals surface area (Å²) in [5, 5.41) is 23.1. The average Bonchev–Trinajstić information content (AvgIpc) is 2.33. The summed E-state index contributed by atoms with van der Waals surface area (Å²) in [6.07, 6.45) is 0.558. The predicted octanol–water partition coefficient (Wildman–Crippen LogP) is 2.23. The highest BCUT2D eigenvalue weighted by atomic mass is 35.5. The molecule has 20 heavy (non-hydrogen) atoms. The fraction of sp³-hybridized carbons (Fsp3) is 0.417. The molecule has 1 rings (SSSR count). The Morgan fingerprint density at radius 3 is 2.60 bits per heavy atom. The van der Waals surface area contributed by atoms with Gasteiger partial charge in [0, 0.05) is 11.1 Å². The molecule has 0 radical (unpaired) electrons. The van der Waals surface area contributed by atoms with Gasteiger partial charge in [0.1, 0.15) is 0 Å². The van der Waals surface area contributed by atoms with Gasteiger partial charge >= 0.3 is 5.69 Å². The van der Waals surface area contributed by atoms with Crippen molar-refractivity contribution in [3.63, 3.8) is 0 Å². The van der Waals surface area contributed by atoms with Crippen molar-refractivity contribution in [3.8, 4) is 5.75 Å². The number of nitrogens with one attached hydrogen (secondary N) is 1. The van der Waals surface area contributed by atoms with Crippen molar-refractivity contribution in [2.45, 2.75) is 19.4 Å². The van der Waals surface area contributed by atoms with Crippen molar-refractivity contribution < 1.29 is 14.8 Å². The topological polar surface area (TPSA) is 95.7 Å². The van der Waals surface area contributed by atoms with Gasteiger partial charge in [-0.2, -0.15) is 0 Å². The third-order valence-electron chi connectivity index (χ3n) is 2.82. The van der Waals surface area contributed by atoms with Crippen molar-refractivity contribution in [3.05, 3.63) is 27.3 Å². The first-order valence-corrected chi connectivity index (χ1v) is 6.29. The van der Waals surface area contributed by atoms with Gasteiger partial charge in [0.2, 0.25) is 11.7 Å². The monoisotopic (exact) mass is 301 g/mol. The summed E-state index contributed by atoms with van der Waals surface area (Å²) >= 11 is 5.75. The Morgan fingerprint density at radius 1 is 1.55 bits per heavy atom. The van der Waals surface area contributed by atoms with Gasteiger partial charge in [0.15, 0.2) is 0 Å². The summed E-state index contributed by atoms with van der Waals surface area (Å²) in [6.45, 7) is 1.84. The fourth-order valence-corrected chi connectivity index (χ4v) is 2.03. The molecule has 0 saturated carbocycles. The van der Waals surface area contributed by atoms with Crippen molar-refractivity contribution >= 4 is 28.9 Å². The minimum Gasteiger partial charge on any atom is -0.501 e. The van der Waals surface area contributed by atoms with Crippen molar-refractivity contribution in [2.75, 3.05) is 19.4 Å². The Balaban J connectivity index is 3.09. The Morgan fingerprint density at radius 2 is 2.15 bits per heavy atom. The number of likely N-dealkylation sites (N-methyl/N-ethyl adjacent to an activating group) is 1. The summed E-state index contributed by atoms with van der Waals surface area (Å²) < 4.78 is 0. The number of anilines is 1. The second kappa shape index (κ2) is 6.53. The number of nitro benzene ring substituents is 1. The first-order chi connectivity index (χ1) is 9.27. The molecule has 0 aliphatic heterocycles. The lowest BCUT2D eigenvalue weighted by Crippen LogP contribution is -2.39. The maximum Gasteiger partial charge on any atom is 0.314 e. The average molecular weight is 302 g/mol. The number of hydrogen-bond acceptors (Lipinski definition) is 5. The van der Waals surface area contributed by atoms with Crippen LogP contribution in [0, 0.1) is 10.1 Å². The molecule has 2 N–H and O–H groups in total. The van der Waals surface area contributed by atoms with Gasteiger partial charge < -0.3 is 10.4 Å². The smallest absolute Gasteiger partial charge is 0.314 e. The summed E-state index contributed by atoms with van der Waals surface area (Å²) in [5.41, 5.74) is -0.625. The number of amides is 1. The van der Waals surface area contributed by atoms with E-state index in [1.165, 1.54) is 6.07 Å². The van der Waals surface area contributed by atoms with Crippen LogP contribution < -0.4 is 5.32 Å². The Labute approximate surface area is 121 Å². The van der Waals surface area contributed by atoms with Gasteiger partial charge in [0.25, 0.3) is 0 Å². The largest absolute Gasteiger partial charge is 0.501 e. The molecule has 0 saturated heterocycles. The number of phenolic OH excluding ortho intramolecular Hbond substituents is 1. The zero-order valence-electron chi connectivity index (χ0n) is 11.4. The molecule has 110 valence electrons. The molecule has 0 unspecified atom stereocenters. The lowest BCUT2D eigenvalue weighted by molar-refractivity contribution is -0.385. The number of nitrogens with zero attached hydrogens (tertiary/aromatic N) is 2. The molecule has 0 aromatic heterocycles. The standard InChI is InChI=1S/C12H16ClN3O4/c1-4-9(15(2)3)12(18)14-8-5-7(13)6-10(11(8)17)16(19)20/h5-6,9,17H,4H2,1-3H3,(H,14,18)/t9-/m0/s1. The molecule has 7 nitrogen and oxygen atoms in total. The highest BCUT2D eigenvalue weighted by Gasteiger charge is 2.23. The summed E-state index contributed by atoms with van der Waals surface area (Å²) in [6, 6.07) is 1.88. The van der Waals surface area contributed by atoms with E-state index in [4.69, 9.17) is 11.6 Å². The molecule has 0 spiro atoms. The van der Waals surface area contributed by atoms with Crippen LogP contribution in [0.1, 0.15) is 13.3 Å². The molecular weight excluding hydrogens is 286 g/mol. The fourth-order valence-electron chi connectivity index (χ4n) is 1.82. The maximum atomic E-state index is 12.1. The third-order valence-corrected chi connectivity index (χ3v) is 3.04. The highest BCUT2D eigenvalue weighted by molar-refractivity contribution is 6.31. The van der Waals surface area contributed by atoms with Crippen LogP contribution in [0.25, 0.3) is 0 Å². The van der Waals surface area contributed by atoms with Crippen LogP contribution in [0.3, 0.4) is 0 Å². The molecule has 0 heterocycles. The number of carbonyl (C=O) groups is 1. The molecular formula is C12H16ClN3O4.